The van der Waals surface area contributed by atoms with Gasteiger partial charge in [-0.1, -0.05) is 93.6 Å². The van der Waals surface area contributed by atoms with Gasteiger partial charge in [0.05, 0.1) is 7.11 Å². The Bertz CT molecular complexity index is 904. The van der Waals surface area contributed by atoms with Crippen molar-refractivity contribution in [1.82, 2.24) is 0 Å². The molecule has 0 aliphatic rings. The summed E-state index contributed by atoms with van der Waals surface area (Å²) in [6.45, 7) is 10.7. The molecule has 0 aliphatic carbocycles. The van der Waals surface area contributed by atoms with Crippen LogP contribution in [0.5, 0.6) is 11.5 Å². The second-order valence-electron chi connectivity index (χ2n) is 8.24. The van der Waals surface area contributed by atoms with Crippen molar-refractivity contribution in [2.45, 2.75) is 32.2 Å². The van der Waals surface area contributed by atoms with Crippen molar-refractivity contribution in [3.63, 3.8) is 0 Å². The molecule has 2 nitrogen and oxygen atoms in total. The van der Waals surface area contributed by atoms with Crippen LogP contribution in [0.1, 0.15) is 26.3 Å². The Labute approximate surface area is 176 Å². The molecule has 0 bridgehead atoms. The fraction of sp³-hybridized carbons (Fsp3) is 0.231. The molecule has 0 heterocycles. The molecular formula is C26H30O2Si. The van der Waals surface area contributed by atoms with Gasteiger partial charge in [-0.2, -0.15) is 0 Å². The molecule has 0 spiro atoms. The van der Waals surface area contributed by atoms with Crippen LogP contribution in [-0.4, -0.2) is 15.4 Å². The molecule has 0 saturated carbocycles. The van der Waals surface area contributed by atoms with E-state index in [-0.39, 0.29) is 5.04 Å². The molecule has 0 radical (unpaired) electrons. The van der Waals surface area contributed by atoms with Gasteiger partial charge in [-0.25, -0.2) is 0 Å². The first-order valence-corrected chi connectivity index (χ1v) is 11.9. The predicted octanol–water partition coefficient (Wildman–Crippen LogP) is 5.36. The van der Waals surface area contributed by atoms with E-state index in [0.717, 1.165) is 23.5 Å². The van der Waals surface area contributed by atoms with Gasteiger partial charge in [-0.3, -0.25) is 0 Å². The topological polar surface area (TPSA) is 18.5 Å². The average molecular weight is 403 g/mol. The van der Waals surface area contributed by atoms with Gasteiger partial charge >= 0.3 is 8.32 Å². The van der Waals surface area contributed by atoms with Gasteiger partial charge in [0.1, 0.15) is 5.75 Å². The first kappa shape index (κ1) is 20.9. The van der Waals surface area contributed by atoms with Crippen molar-refractivity contribution in [3.05, 3.63) is 97.1 Å². The van der Waals surface area contributed by atoms with Crippen LogP contribution in [0.2, 0.25) is 5.04 Å². The molecule has 0 amide bonds. The monoisotopic (exact) mass is 402 g/mol. The third-order valence-corrected chi connectivity index (χ3v) is 10.2. The minimum absolute atomic E-state index is 0.0967. The Hall–Kier alpha value is -2.78. The van der Waals surface area contributed by atoms with E-state index in [2.05, 4.69) is 100 Å². The summed E-state index contributed by atoms with van der Waals surface area (Å²) >= 11 is 0. The van der Waals surface area contributed by atoms with Crippen LogP contribution in [0.3, 0.4) is 0 Å². The summed E-state index contributed by atoms with van der Waals surface area (Å²) in [4.78, 5) is 0. The minimum atomic E-state index is -2.67. The number of rotatable bonds is 7. The molecule has 3 heteroatoms. The summed E-state index contributed by atoms with van der Waals surface area (Å²) in [7, 11) is -0.974. The maximum atomic E-state index is 7.08. The third kappa shape index (κ3) is 4.15. The lowest BCUT2D eigenvalue weighted by Gasteiger charge is -2.43. The molecule has 3 rings (SSSR count). The third-order valence-electron chi connectivity index (χ3n) is 5.29. The van der Waals surface area contributed by atoms with E-state index >= 15 is 0 Å². The largest absolute Gasteiger partial charge is 0.531 e. The Balaban J connectivity index is 2.23. The quantitative estimate of drug-likeness (QED) is 0.391. The van der Waals surface area contributed by atoms with Gasteiger partial charge in [0.15, 0.2) is 5.75 Å². The van der Waals surface area contributed by atoms with E-state index in [1.54, 1.807) is 7.11 Å². The van der Waals surface area contributed by atoms with E-state index in [1.807, 2.05) is 12.1 Å². The van der Waals surface area contributed by atoms with E-state index in [4.69, 9.17) is 9.16 Å². The first-order chi connectivity index (χ1) is 13.9. The zero-order chi connectivity index (χ0) is 20.9. The average Bonchev–Trinajstić information content (AvgIpc) is 2.73. The van der Waals surface area contributed by atoms with Gasteiger partial charge in [-0.15, -0.1) is 6.58 Å². The van der Waals surface area contributed by atoms with E-state index in [1.165, 1.54) is 10.4 Å². The lowest BCUT2D eigenvalue weighted by molar-refractivity contribution is 0.388. The van der Waals surface area contributed by atoms with Crippen LogP contribution in [0, 0.1) is 0 Å². The normalized spacial score (nSPS) is 11.7. The summed E-state index contributed by atoms with van der Waals surface area (Å²) in [6.07, 6.45) is 2.70. The predicted molar refractivity (Wildman–Crippen MR) is 125 cm³/mol. The second kappa shape index (κ2) is 8.71. The highest BCUT2D eigenvalue weighted by atomic mass is 28.4. The molecule has 0 atom stereocenters. The highest BCUT2D eigenvalue weighted by molar-refractivity contribution is 7.00. The van der Waals surface area contributed by atoms with E-state index < -0.39 is 8.32 Å². The molecular weight excluding hydrogens is 372 g/mol. The van der Waals surface area contributed by atoms with Crippen LogP contribution in [0.25, 0.3) is 0 Å². The Kier molecular flexibility index (Phi) is 6.29. The second-order valence-corrected chi connectivity index (χ2v) is 12.5. The van der Waals surface area contributed by atoms with Gasteiger partial charge in [0.25, 0.3) is 0 Å². The fourth-order valence-electron chi connectivity index (χ4n) is 3.90. The highest BCUT2D eigenvalue weighted by Crippen LogP contribution is 2.40. The van der Waals surface area contributed by atoms with Gasteiger partial charge < -0.3 is 9.16 Å². The van der Waals surface area contributed by atoms with Gasteiger partial charge in [0.2, 0.25) is 0 Å². The number of hydrogen-bond donors (Lipinski definition) is 0. The lowest BCUT2D eigenvalue weighted by atomic mass is 10.1. The van der Waals surface area contributed by atoms with Crippen molar-refractivity contribution in [1.29, 1.82) is 0 Å². The van der Waals surface area contributed by atoms with Crippen molar-refractivity contribution < 1.29 is 9.16 Å². The molecule has 0 aromatic heterocycles. The standard InChI is InChI=1S/C26H30O2Si/c1-6-13-21-18-19-24(25(20-21)27-5)28-29(26(2,3)4,22-14-9-7-10-15-22)23-16-11-8-12-17-23/h6-12,14-20H,1,13H2,2-5H3. The fourth-order valence-corrected chi connectivity index (χ4v) is 8.33. The molecule has 3 aromatic carbocycles. The van der Waals surface area contributed by atoms with Crippen LogP contribution in [0.15, 0.2) is 91.5 Å². The maximum absolute atomic E-state index is 7.08. The van der Waals surface area contributed by atoms with Crippen molar-refractivity contribution in [2.75, 3.05) is 7.11 Å². The number of methoxy groups -OCH3 is 1. The number of benzene rings is 3. The molecule has 0 saturated heterocycles. The summed E-state index contributed by atoms with van der Waals surface area (Å²) in [5, 5.41) is 2.40. The summed E-state index contributed by atoms with van der Waals surface area (Å²) in [5.41, 5.74) is 1.16. The van der Waals surface area contributed by atoms with Gasteiger partial charge in [0, 0.05) is 0 Å². The molecule has 0 aliphatic heterocycles. The summed E-state index contributed by atoms with van der Waals surface area (Å²) < 4.78 is 12.8. The SMILES string of the molecule is C=CCc1ccc(O[Si](c2ccccc2)(c2ccccc2)C(C)(C)C)c(OC)c1. The highest BCUT2D eigenvalue weighted by Gasteiger charge is 2.52. The van der Waals surface area contributed by atoms with Crippen molar-refractivity contribution in [3.8, 4) is 11.5 Å². The van der Waals surface area contributed by atoms with E-state index in [0.29, 0.717) is 0 Å². The zero-order valence-corrected chi connectivity index (χ0v) is 18.8. The first-order valence-electron chi connectivity index (χ1n) is 10.0. The van der Waals surface area contributed by atoms with E-state index in [9.17, 15) is 0 Å². The molecule has 150 valence electrons. The Morgan fingerprint density at radius 1 is 0.828 bits per heavy atom. The van der Waals surface area contributed by atoms with Crippen LogP contribution in [0.4, 0.5) is 0 Å². The number of ether oxygens (including phenoxy) is 1. The minimum Gasteiger partial charge on any atom is -0.531 e. The van der Waals surface area contributed by atoms with Crippen molar-refractivity contribution >= 4 is 18.7 Å². The number of hydrogen-bond acceptors (Lipinski definition) is 2. The van der Waals surface area contributed by atoms with Crippen LogP contribution < -0.4 is 19.5 Å². The molecule has 29 heavy (non-hydrogen) atoms. The molecule has 0 unspecified atom stereocenters. The number of allylic oxidation sites excluding steroid dienone is 1. The van der Waals surface area contributed by atoms with Gasteiger partial charge in [-0.05, 0) is 39.5 Å². The van der Waals surface area contributed by atoms with Crippen molar-refractivity contribution in [2.24, 2.45) is 0 Å². The molecule has 3 aromatic rings. The molecule has 0 N–H and O–H groups in total. The zero-order valence-electron chi connectivity index (χ0n) is 17.8. The lowest BCUT2D eigenvalue weighted by Crippen LogP contribution is -2.68. The van der Waals surface area contributed by atoms with Crippen LogP contribution in [-0.2, 0) is 6.42 Å². The molecule has 0 fully saturated rings. The smallest absolute Gasteiger partial charge is 0.320 e. The Morgan fingerprint density at radius 2 is 1.38 bits per heavy atom. The summed E-state index contributed by atoms with van der Waals surface area (Å²) in [5.74, 6) is 1.55. The summed E-state index contributed by atoms with van der Waals surface area (Å²) in [6, 6.07) is 27.5. The maximum Gasteiger partial charge on any atom is 0.320 e. The van der Waals surface area contributed by atoms with Crippen LogP contribution >= 0.6 is 0 Å². The Morgan fingerprint density at radius 3 is 1.83 bits per heavy atom.